The molecule has 2 heterocycles. The van der Waals surface area contributed by atoms with Crippen LogP contribution >= 0.6 is 0 Å². The van der Waals surface area contributed by atoms with E-state index in [1.807, 2.05) is 62.4 Å². The van der Waals surface area contributed by atoms with Crippen LogP contribution in [0.1, 0.15) is 16.9 Å². The zero-order valence-electron chi connectivity index (χ0n) is 16.7. The Morgan fingerprint density at radius 2 is 1.69 bits per heavy atom. The zero-order valence-corrected chi connectivity index (χ0v) is 17.5. The average molecular weight is 412 g/mol. The summed E-state index contributed by atoms with van der Waals surface area (Å²) in [6.07, 6.45) is 0. The molecule has 0 N–H and O–H groups in total. The van der Waals surface area contributed by atoms with Crippen LogP contribution in [0.3, 0.4) is 0 Å². The van der Waals surface area contributed by atoms with Crippen LogP contribution in [0, 0.1) is 13.8 Å². The van der Waals surface area contributed by atoms with Gasteiger partial charge in [0.15, 0.2) is 5.76 Å². The van der Waals surface area contributed by atoms with Crippen LogP contribution < -0.4 is 0 Å². The lowest BCUT2D eigenvalue weighted by molar-refractivity contribution is 0.166. The lowest BCUT2D eigenvalue weighted by atomic mass is 10.1. The van der Waals surface area contributed by atoms with Gasteiger partial charge in [-0.2, -0.15) is 4.31 Å². The fourth-order valence-electron chi connectivity index (χ4n) is 3.61. The molecular formula is C22H25N3O3S. The van der Waals surface area contributed by atoms with Crippen molar-refractivity contribution < 1.29 is 12.9 Å². The van der Waals surface area contributed by atoms with Gasteiger partial charge in [-0.3, -0.25) is 4.90 Å². The van der Waals surface area contributed by atoms with Gasteiger partial charge in [0.25, 0.3) is 0 Å². The van der Waals surface area contributed by atoms with Crippen molar-refractivity contribution in [3.63, 3.8) is 0 Å². The number of nitrogens with zero attached hydrogens (tertiary/aromatic N) is 3. The predicted octanol–water partition coefficient (Wildman–Crippen LogP) is 3.46. The topological polar surface area (TPSA) is 66.7 Å². The van der Waals surface area contributed by atoms with Crippen LogP contribution in [-0.2, 0) is 16.6 Å². The molecule has 0 radical (unpaired) electrons. The molecule has 0 aliphatic carbocycles. The highest BCUT2D eigenvalue weighted by Gasteiger charge is 2.30. The van der Waals surface area contributed by atoms with Crippen LogP contribution in [0.4, 0.5) is 0 Å². The first-order valence-electron chi connectivity index (χ1n) is 9.74. The van der Waals surface area contributed by atoms with E-state index >= 15 is 0 Å². The minimum absolute atomic E-state index is 0.411. The second-order valence-corrected chi connectivity index (χ2v) is 9.40. The van der Waals surface area contributed by atoms with Crippen molar-refractivity contribution in [2.24, 2.45) is 0 Å². The Kier molecular flexibility index (Phi) is 5.54. The first-order chi connectivity index (χ1) is 13.9. The van der Waals surface area contributed by atoms with E-state index in [0.717, 1.165) is 28.1 Å². The molecular weight excluding hydrogens is 386 g/mol. The molecule has 1 aliphatic heterocycles. The molecule has 7 heteroatoms. The molecule has 1 saturated heterocycles. The number of aryl methyl sites for hydroxylation is 2. The summed E-state index contributed by atoms with van der Waals surface area (Å²) in [6, 6.07) is 17.4. The van der Waals surface area contributed by atoms with Gasteiger partial charge in [0.05, 0.1) is 11.4 Å². The Hall–Kier alpha value is -2.48. The van der Waals surface area contributed by atoms with E-state index in [2.05, 4.69) is 10.1 Å². The van der Waals surface area contributed by atoms with Crippen molar-refractivity contribution in [3.8, 4) is 11.3 Å². The van der Waals surface area contributed by atoms with Gasteiger partial charge in [0.2, 0.25) is 10.0 Å². The molecule has 29 heavy (non-hydrogen) atoms. The van der Waals surface area contributed by atoms with Crippen LogP contribution in [0.25, 0.3) is 11.3 Å². The molecule has 3 aromatic rings. The van der Waals surface area contributed by atoms with Crippen molar-refractivity contribution in [2.45, 2.75) is 25.3 Å². The Morgan fingerprint density at radius 3 is 2.41 bits per heavy atom. The lowest BCUT2D eigenvalue weighted by Crippen LogP contribution is -2.48. The Morgan fingerprint density at radius 1 is 0.966 bits per heavy atom. The van der Waals surface area contributed by atoms with Gasteiger partial charge < -0.3 is 4.52 Å². The molecule has 2 aromatic carbocycles. The van der Waals surface area contributed by atoms with E-state index in [4.69, 9.17) is 4.52 Å². The van der Waals surface area contributed by atoms with Gasteiger partial charge in [-0.1, -0.05) is 47.6 Å². The SMILES string of the molecule is Cc1ccc(C)c(S(=O)(=O)N2CCN(Cc3cc(-c4ccccc4)no3)CC2)c1. The van der Waals surface area contributed by atoms with Crippen molar-refractivity contribution in [1.82, 2.24) is 14.4 Å². The molecule has 0 atom stereocenters. The summed E-state index contributed by atoms with van der Waals surface area (Å²) < 4.78 is 33.2. The molecule has 0 bridgehead atoms. The van der Waals surface area contributed by atoms with E-state index in [-0.39, 0.29) is 0 Å². The molecule has 152 valence electrons. The number of piperazine rings is 1. The minimum Gasteiger partial charge on any atom is -0.359 e. The summed E-state index contributed by atoms with van der Waals surface area (Å²) in [5.74, 6) is 0.787. The second-order valence-electron chi connectivity index (χ2n) is 7.49. The quantitative estimate of drug-likeness (QED) is 0.643. The molecule has 4 rings (SSSR count). The van der Waals surface area contributed by atoms with E-state index < -0.39 is 10.0 Å². The van der Waals surface area contributed by atoms with Gasteiger partial charge in [0.1, 0.15) is 5.69 Å². The van der Waals surface area contributed by atoms with E-state index in [9.17, 15) is 8.42 Å². The Labute approximate surface area is 171 Å². The van der Waals surface area contributed by atoms with Gasteiger partial charge in [-0.05, 0) is 31.0 Å². The third-order valence-corrected chi connectivity index (χ3v) is 7.34. The number of sulfonamides is 1. The monoisotopic (exact) mass is 411 g/mol. The fourth-order valence-corrected chi connectivity index (χ4v) is 5.34. The van der Waals surface area contributed by atoms with E-state index in [1.54, 1.807) is 10.4 Å². The molecule has 0 amide bonds. The van der Waals surface area contributed by atoms with Gasteiger partial charge in [-0.25, -0.2) is 8.42 Å². The summed E-state index contributed by atoms with van der Waals surface area (Å²) in [7, 11) is -3.47. The largest absolute Gasteiger partial charge is 0.359 e. The molecule has 0 unspecified atom stereocenters. The molecule has 1 aromatic heterocycles. The maximum atomic E-state index is 13.1. The standard InChI is InChI=1S/C22H25N3O3S/c1-17-8-9-18(2)22(14-17)29(26,27)25-12-10-24(11-13-25)16-20-15-21(23-28-20)19-6-4-3-5-7-19/h3-9,14-15H,10-13,16H2,1-2H3. The normalized spacial score (nSPS) is 16.2. The Balaban J connectivity index is 1.40. The molecule has 6 nitrogen and oxygen atoms in total. The number of hydrogen-bond acceptors (Lipinski definition) is 5. The third-order valence-electron chi connectivity index (χ3n) is 5.30. The minimum atomic E-state index is -3.47. The van der Waals surface area contributed by atoms with E-state index in [0.29, 0.717) is 37.6 Å². The lowest BCUT2D eigenvalue weighted by Gasteiger charge is -2.33. The summed E-state index contributed by atoms with van der Waals surface area (Å²) in [5, 5.41) is 4.16. The zero-order chi connectivity index (χ0) is 20.4. The first-order valence-corrected chi connectivity index (χ1v) is 11.2. The summed E-state index contributed by atoms with van der Waals surface area (Å²) in [4.78, 5) is 2.61. The maximum absolute atomic E-state index is 13.1. The van der Waals surface area contributed by atoms with Crippen molar-refractivity contribution >= 4 is 10.0 Å². The second kappa shape index (κ2) is 8.10. The van der Waals surface area contributed by atoms with E-state index in [1.165, 1.54) is 0 Å². The van der Waals surface area contributed by atoms with Crippen LogP contribution in [-0.4, -0.2) is 49.0 Å². The summed E-state index contributed by atoms with van der Waals surface area (Å²) >= 11 is 0. The fraction of sp³-hybridized carbons (Fsp3) is 0.318. The van der Waals surface area contributed by atoms with Crippen LogP contribution in [0.2, 0.25) is 0 Å². The highest BCUT2D eigenvalue weighted by molar-refractivity contribution is 7.89. The van der Waals surface area contributed by atoms with Gasteiger partial charge >= 0.3 is 0 Å². The van der Waals surface area contributed by atoms with Crippen molar-refractivity contribution in [1.29, 1.82) is 0 Å². The average Bonchev–Trinajstić information content (AvgIpc) is 3.19. The smallest absolute Gasteiger partial charge is 0.243 e. The van der Waals surface area contributed by atoms with Gasteiger partial charge in [0, 0.05) is 37.8 Å². The Bertz CT molecular complexity index is 1090. The van der Waals surface area contributed by atoms with Crippen LogP contribution in [0.15, 0.2) is 64.0 Å². The molecule has 1 aliphatic rings. The molecule has 0 saturated carbocycles. The number of aromatic nitrogens is 1. The van der Waals surface area contributed by atoms with Gasteiger partial charge in [-0.15, -0.1) is 0 Å². The third kappa shape index (κ3) is 4.27. The van der Waals surface area contributed by atoms with Crippen molar-refractivity contribution in [2.75, 3.05) is 26.2 Å². The number of benzene rings is 2. The highest BCUT2D eigenvalue weighted by atomic mass is 32.2. The molecule has 1 fully saturated rings. The first kappa shape index (κ1) is 19.8. The maximum Gasteiger partial charge on any atom is 0.243 e. The van der Waals surface area contributed by atoms with Crippen molar-refractivity contribution in [3.05, 3.63) is 71.5 Å². The summed E-state index contributed by atoms with van der Waals surface area (Å²) in [5.41, 5.74) is 3.57. The summed E-state index contributed by atoms with van der Waals surface area (Å²) in [6.45, 7) is 6.63. The molecule has 0 spiro atoms. The predicted molar refractivity (Wildman–Crippen MR) is 112 cm³/mol. The van der Waals surface area contributed by atoms with Crippen LogP contribution in [0.5, 0.6) is 0 Å². The number of rotatable bonds is 5. The highest BCUT2D eigenvalue weighted by Crippen LogP contribution is 2.24. The number of hydrogen-bond donors (Lipinski definition) is 0.